The van der Waals surface area contributed by atoms with E-state index in [1.807, 2.05) is 12.1 Å². The van der Waals surface area contributed by atoms with Crippen LogP contribution >= 0.6 is 24.0 Å². The number of nitrogens with zero attached hydrogens (tertiary/aromatic N) is 2. The first-order valence-electron chi connectivity index (χ1n) is 11.1. The van der Waals surface area contributed by atoms with Gasteiger partial charge in [0.25, 0.3) is 0 Å². The summed E-state index contributed by atoms with van der Waals surface area (Å²) in [7, 11) is 0. The van der Waals surface area contributed by atoms with Crippen LogP contribution in [-0.4, -0.2) is 55.3 Å². The van der Waals surface area contributed by atoms with Crippen molar-refractivity contribution < 1.29 is 9.13 Å². The third-order valence-corrected chi connectivity index (χ3v) is 6.96. The van der Waals surface area contributed by atoms with Crippen molar-refractivity contribution in [3.63, 3.8) is 0 Å². The number of benzene rings is 1. The molecule has 2 N–H and O–H groups in total. The lowest BCUT2D eigenvalue weighted by molar-refractivity contribution is -0.106. The van der Waals surface area contributed by atoms with Gasteiger partial charge in [0.05, 0.1) is 6.10 Å². The Morgan fingerprint density at radius 2 is 1.87 bits per heavy atom. The fraction of sp³-hybridized carbons (Fsp3) is 0.696. The molecule has 2 heterocycles. The fourth-order valence-corrected chi connectivity index (χ4v) is 5.33. The van der Waals surface area contributed by atoms with Crippen molar-refractivity contribution in [3.8, 4) is 0 Å². The summed E-state index contributed by atoms with van der Waals surface area (Å²) in [6.45, 7) is 11.3. The summed E-state index contributed by atoms with van der Waals surface area (Å²) in [6, 6.07) is 7.73. The number of nitrogens with one attached hydrogen (secondary N) is 2. The lowest BCUT2D eigenvalue weighted by atomic mass is 9.57. The number of hydrogen-bond acceptors (Lipinski definition) is 3. The number of hydrogen-bond donors (Lipinski definition) is 2. The number of halogens is 2. The molecule has 2 saturated heterocycles. The van der Waals surface area contributed by atoms with Crippen molar-refractivity contribution in [2.24, 2.45) is 16.3 Å². The lowest BCUT2D eigenvalue weighted by Gasteiger charge is -2.55. The molecule has 3 aliphatic rings. The second-order valence-corrected chi connectivity index (χ2v) is 9.33. The van der Waals surface area contributed by atoms with E-state index in [0.29, 0.717) is 24.1 Å². The van der Waals surface area contributed by atoms with E-state index in [9.17, 15) is 4.39 Å². The van der Waals surface area contributed by atoms with Gasteiger partial charge in [-0.15, -0.1) is 24.0 Å². The van der Waals surface area contributed by atoms with Gasteiger partial charge in [0, 0.05) is 56.2 Å². The van der Waals surface area contributed by atoms with Gasteiger partial charge < -0.3 is 15.4 Å². The Hall–Kier alpha value is -0.930. The molecule has 0 bridgehead atoms. The predicted molar refractivity (Wildman–Crippen MR) is 130 cm³/mol. The van der Waals surface area contributed by atoms with Crippen molar-refractivity contribution >= 4 is 29.9 Å². The number of rotatable bonds is 5. The Bertz CT molecular complexity index is 718. The monoisotopic (exact) mass is 530 g/mol. The molecule has 1 aromatic rings. The van der Waals surface area contributed by atoms with E-state index in [1.165, 1.54) is 5.56 Å². The van der Waals surface area contributed by atoms with Gasteiger partial charge in [0.2, 0.25) is 0 Å². The van der Waals surface area contributed by atoms with E-state index < -0.39 is 0 Å². The first kappa shape index (κ1) is 23.7. The maximum atomic E-state index is 13.1. The van der Waals surface area contributed by atoms with Gasteiger partial charge in [0.15, 0.2) is 5.96 Å². The summed E-state index contributed by atoms with van der Waals surface area (Å²) in [5.41, 5.74) is 1.32. The minimum Gasteiger partial charge on any atom is -0.377 e. The Morgan fingerprint density at radius 3 is 2.53 bits per heavy atom. The first-order valence-corrected chi connectivity index (χ1v) is 11.1. The van der Waals surface area contributed by atoms with Gasteiger partial charge in [0.1, 0.15) is 5.82 Å². The van der Waals surface area contributed by atoms with Gasteiger partial charge in [-0.25, -0.2) is 4.39 Å². The number of guanidine groups is 1. The first-order chi connectivity index (χ1) is 14.0. The zero-order valence-electron chi connectivity index (χ0n) is 18.4. The molecule has 0 radical (unpaired) electrons. The van der Waals surface area contributed by atoms with E-state index in [1.54, 1.807) is 12.1 Å². The summed E-state index contributed by atoms with van der Waals surface area (Å²) < 4.78 is 19.0. The third-order valence-electron chi connectivity index (χ3n) is 6.96. The van der Waals surface area contributed by atoms with Crippen LogP contribution in [0, 0.1) is 17.2 Å². The smallest absolute Gasteiger partial charge is 0.191 e. The molecular formula is C23H36FIN4O. The highest BCUT2D eigenvalue weighted by atomic mass is 127. The SMILES string of the molecule is CCN=C(NC1CCN(Cc2ccc(F)cc2)CC1)NC1C2CCOC2C1(C)C.I. The van der Waals surface area contributed by atoms with Crippen LogP contribution in [0.15, 0.2) is 29.3 Å². The number of ether oxygens (including phenoxy) is 1. The molecular weight excluding hydrogens is 494 g/mol. The summed E-state index contributed by atoms with van der Waals surface area (Å²) in [5.74, 6) is 1.39. The zero-order chi connectivity index (χ0) is 20.4. The van der Waals surface area contributed by atoms with Gasteiger partial charge >= 0.3 is 0 Å². The molecule has 7 heteroatoms. The second-order valence-electron chi connectivity index (χ2n) is 9.33. The molecule has 5 nitrogen and oxygen atoms in total. The normalized spacial score (nSPS) is 28.9. The Labute approximate surface area is 197 Å². The van der Waals surface area contributed by atoms with Crippen LogP contribution in [0.5, 0.6) is 0 Å². The largest absolute Gasteiger partial charge is 0.377 e. The van der Waals surface area contributed by atoms with E-state index in [0.717, 1.165) is 58.0 Å². The lowest BCUT2D eigenvalue weighted by Crippen LogP contribution is -2.68. The number of piperidine rings is 1. The number of fused-ring (bicyclic) bond motifs is 1. The molecule has 3 atom stereocenters. The van der Waals surface area contributed by atoms with E-state index in [-0.39, 0.29) is 35.2 Å². The molecule has 3 fully saturated rings. The van der Waals surface area contributed by atoms with Crippen LogP contribution in [0.4, 0.5) is 4.39 Å². The van der Waals surface area contributed by atoms with Crippen LogP contribution in [0.25, 0.3) is 0 Å². The molecule has 1 aromatic carbocycles. The molecule has 0 spiro atoms. The van der Waals surface area contributed by atoms with Gasteiger partial charge in [-0.3, -0.25) is 9.89 Å². The van der Waals surface area contributed by atoms with Gasteiger partial charge in [-0.2, -0.15) is 0 Å². The molecule has 168 valence electrons. The van der Waals surface area contributed by atoms with Gasteiger partial charge in [-0.05, 0) is 43.9 Å². The zero-order valence-corrected chi connectivity index (χ0v) is 20.7. The summed E-state index contributed by atoms with van der Waals surface area (Å²) >= 11 is 0. The van der Waals surface area contributed by atoms with Crippen molar-refractivity contribution in [2.75, 3.05) is 26.2 Å². The molecule has 1 aliphatic carbocycles. The number of aliphatic imine (C=N–C) groups is 1. The van der Waals surface area contributed by atoms with Crippen molar-refractivity contribution in [3.05, 3.63) is 35.6 Å². The van der Waals surface area contributed by atoms with E-state index >= 15 is 0 Å². The third kappa shape index (κ3) is 5.10. The summed E-state index contributed by atoms with van der Waals surface area (Å²) in [6.07, 6.45) is 3.72. The van der Waals surface area contributed by atoms with E-state index in [4.69, 9.17) is 9.73 Å². The highest BCUT2D eigenvalue weighted by Crippen LogP contribution is 2.52. The fourth-order valence-electron chi connectivity index (χ4n) is 5.33. The van der Waals surface area contributed by atoms with Crippen molar-refractivity contribution in [2.45, 2.75) is 64.8 Å². The highest BCUT2D eigenvalue weighted by Gasteiger charge is 2.59. The Kier molecular flexibility index (Phi) is 8.01. The molecule has 0 amide bonds. The predicted octanol–water partition coefficient (Wildman–Crippen LogP) is 3.78. The van der Waals surface area contributed by atoms with Crippen LogP contribution < -0.4 is 10.6 Å². The number of likely N-dealkylation sites (tertiary alicyclic amines) is 1. The van der Waals surface area contributed by atoms with Crippen LogP contribution in [-0.2, 0) is 11.3 Å². The molecule has 4 rings (SSSR count). The summed E-state index contributed by atoms with van der Waals surface area (Å²) in [4.78, 5) is 7.17. The molecule has 2 aliphatic heterocycles. The Morgan fingerprint density at radius 1 is 1.17 bits per heavy atom. The standard InChI is InChI=1S/C23H35FN4O.HI/c1-4-25-22(27-20-19-11-14-29-21(19)23(20,2)3)26-18-9-12-28(13-10-18)15-16-5-7-17(24)8-6-16;/h5-8,18-21H,4,9-15H2,1-3H3,(H2,25,26,27);1H. The molecule has 1 saturated carbocycles. The van der Waals surface area contributed by atoms with E-state index in [2.05, 4.69) is 36.3 Å². The quantitative estimate of drug-likeness (QED) is 0.346. The molecule has 3 unspecified atom stereocenters. The van der Waals surface area contributed by atoms with Crippen LogP contribution in [0.2, 0.25) is 0 Å². The average molecular weight is 530 g/mol. The topological polar surface area (TPSA) is 48.9 Å². The molecule has 30 heavy (non-hydrogen) atoms. The summed E-state index contributed by atoms with van der Waals surface area (Å²) in [5, 5.41) is 7.42. The minimum atomic E-state index is -0.169. The van der Waals surface area contributed by atoms with Crippen LogP contribution in [0.3, 0.4) is 0 Å². The second kappa shape index (κ2) is 10.1. The maximum absolute atomic E-state index is 13.1. The van der Waals surface area contributed by atoms with Gasteiger partial charge in [-0.1, -0.05) is 26.0 Å². The van der Waals surface area contributed by atoms with Crippen molar-refractivity contribution in [1.29, 1.82) is 0 Å². The average Bonchev–Trinajstić information content (AvgIpc) is 3.17. The van der Waals surface area contributed by atoms with Crippen LogP contribution in [0.1, 0.15) is 45.6 Å². The maximum Gasteiger partial charge on any atom is 0.191 e. The Balaban J connectivity index is 0.00000256. The highest BCUT2D eigenvalue weighted by molar-refractivity contribution is 14.0. The molecule has 0 aromatic heterocycles. The minimum absolute atomic E-state index is 0. The van der Waals surface area contributed by atoms with Crippen molar-refractivity contribution in [1.82, 2.24) is 15.5 Å².